The van der Waals surface area contributed by atoms with Gasteiger partial charge in [-0.05, 0) is 18.2 Å². The van der Waals surface area contributed by atoms with Crippen LogP contribution in [0.3, 0.4) is 0 Å². The van der Waals surface area contributed by atoms with E-state index in [0.717, 1.165) is 12.1 Å². The Bertz CT molecular complexity index is 830. The van der Waals surface area contributed by atoms with Gasteiger partial charge in [-0.3, -0.25) is 9.59 Å². The van der Waals surface area contributed by atoms with Crippen molar-refractivity contribution in [1.29, 1.82) is 0 Å². The predicted octanol–water partition coefficient (Wildman–Crippen LogP) is 2.94. The highest BCUT2D eigenvalue weighted by Gasteiger charge is 2.21. The molecule has 0 aliphatic rings. The van der Waals surface area contributed by atoms with E-state index in [4.69, 9.17) is 9.47 Å². The average molecular weight is 364 g/mol. The van der Waals surface area contributed by atoms with E-state index >= 15 is 0 Å². The van der Waals surface area contributed by atoms with Gasteiger partial charge >= 0.3 is 0 Å². The number of ether oxygens (including phenoxy) is 2. The number of amides is 2. The van der Waals surface area contributed by atoms with Crippen LogP contribution in [0, 0.1) is 11.6 Å². The lowest BCUT2D eigenvalue weighted by Gasteiger charge is -2.15. The van der Waals surface area contributed by atoms with Crippen LogP contribution in [0.1, 0.15) is 20.7 Å². The molecule has 0 heterocycles. The van der Waals surface area contributed by atoms with Crippen LogP contribution in [0.4, 0.5) is 14.5 Å². The second-order valence-electron chi connectivity index (χ2n) is 5.53. The SMILES string of the molecule is COc1cc(F)c(C(=O)Nc2ccc(OC)c(C(=O)N(C)C)c2)c(F)c1. The van der Waals surface area contributed by atoms with Crippen LogP contribution in [-0.2, 0) is 0 Å². The molecule has 0 bridgehead atoms. The van der Waals surface area contributed by atoms with Gasteiger partial charge in [-0.25, -0.2) is 8.78 Å². The third-order valence-electron chi connectivity index (χ3n) is 3.57. The van der Waals surface area contributed by atoms with Crippen LogP contribution < -0.4 is 14.8 Å². The number of carbonyl (C=O) groups excluding carboxylic acids is 2. The lowest BCUT2D eigenvalue weighted by Crippen LogP contribution is -2.23. The van der Waals surface area contributed by atoms with Crippen LogP contribution in [0.2, 0.25) is 0 Å². The number of nitrogens with one attached hydrogen (secondary N) is 1. The summed E-state index contributed by atoms with van der Waals surface area (Å²) in [6.45, 7) is 0. The van der Waals surface area contributed by atoms with Crippen LogP contribution in [0.5, 0.6) is 11.5 Å². The first kappa shape index (κ1) is 19.2. The number of benzene rings is 2. The Morgan fingerprint density at radius 3 is 2.12 bits per heavy atom. The zero-order chi connectivity index (χ0) is 19.4. The third kappa shape index (κ3) is 3.90. The first-order chi connectivity index (χ1) is 12.3. The molecule has 0 radical (unpaired) electrons. The third-order valence-corrected chi connectivity index (χ3v) is 3.57. The zero-order valence-electron chi connectivity index (χ0n) is 14.7. The van der Waals surface area contributed by atoms with E-state index in [9.17, 15) is 18.4 Å². The maximum Gasteiger partial charge on any atom is 0.261 e. The summed E-state index contributed by atoms with van der Waals surface area (Å²) < 4.78 is 37.9. The van der Waals surface area contributed by atoms with E-state index in [1.165, 1.54) is 37.3 Å². The fourth-order valence-electron chi connectivity index (χ4n) is 2.27. The Balaban J connectivity index is 2.36. The molecule has 0 fully saturated rings. The van der Waals surface area contributed by atoms with Gasteiger partial charge in [0.05, 0.1) is 19.8 Å². The van der Waals surface area contributed by atoms with Gasteiger partial charge in [-0.1, -0.05) is 0 Å². The highest BCUT2D eigenvalue weighted by Crippen LogP contribution is 2.25. The van der Waals surface area contributed by atoms with Crippen LogP contribution in [0.25, 0.3) is 0 Å². The molecular formula is C18H18F2N2O4. The lowest BCUT2D eigenvalue weighted by atomic mass is 10.1. The number of rotatable bonds is 5. The molecule has 0 saturated carbocycles. The lowest BCUT2D eigenvalue weighted by molar-refractivity contribution is 0.0823. The zero-order valence-corrected chi connectivity index (χ0v) is 14.7. The molecule has 0 spiro atoms. The molecule has 26 heavy (non-hydrogen) atoms. The van der Waals surface area contributed by atoms with Gasteiger partial charge in [0.2, 0.25) is 0 Å². The van der Waals surface area contributed by atoms with Crippen LogP contribution in [0.15, 0.2) is 30.3 Å². The molecule has 0 saturated heterocycles. The van der Waals surface area contributed by atoms with Gasteiger partial charge < -0.3 is 19.7 Å². The van der Waals surface area contributed by atoms with Crippen molar-refractivity contribution >= 4 is 17.5 Å². The van der Waals surface area contributed by atoms with Gasteiger partial charge in [0, 0.05) is 31.9 Å². The van der Waals surface area contributed by atoms with E-state index in [1.54, 1.807) is 14.1 Å². The number of anilines is 1. The molecule has 2 aromatic rings. The molecule has 138 valence electrons. The number of halogens is 2. The van der Waals surface area contributed by atoms with Gasteiger partial charge in [0.1, 0.15) is 28.7 Å². The van der Waals surface area contributed by atoms with Crippen molar-refractivity contribution < 1.29 is 27.8 Å². The molecule has 0 aromatic heterocycles. The van der Waals surface area contributed by atoms with E-state index in [-0.39, 0.29) is 22.9 Å². The Hall–Kier alpha value is -3.16. The molecular weight excluding hydrogens is 346 g/mol. The summed E-state index contributed by atoms with van der Waals surface area (Å²) in [4.78, 5) is 25.8. The minimum absolute atomic E-state index is 0.0418. The van der Waals surface area contributed by atoms with Gasteiger partial charge in [0.15, 0.2) is 0 Å². The fourth-order valence-corrected chi connectivity index (χ4v) is 2.27. The van der Waals surface area contributed by atoms with Crippen LogP contribution in [-0.4, -0.2) is 45.0 Å². The van der Waals surface area contributed by atoms with Crippen molar-refractivity contribution in [3.8, 4) is 11.5 Å². The second-order valence-corrected chi connectivity index (χ2v) is 5.53. The number of methoxy groups -OCH3 is 2. The summed E-state index contributed by atoms with van der Waals surface area (Å²) in [5.74, 6) is -3.19. The summed E-state index contributed by atoms with van der Waals surface area (Å²) in [7, 11) is 5.79. The number of hydrogen-bond acceptors (Lipinski definition) is 4. The molecule has 2 amide bonds. The summed E-state index contributed by atoms with van der Waals surface area (Å²) in [6.07, 6.45) is 0. The highest BCUT2D eigenvalue weighted by molar-refractivity contribution is 6.06. The molecule has 2 rings (SSSR count). The normalized spacial score (nSPS) is 10.2. The van der Waals surface area contributed by atoms with Crippen molar-refractivity contribution in [2.75, 3.05) is 33.6 Å². The smallest absolute Gasteiger partial charge is 0.261 e. The van der Waals surface area contributed by atoms with Gasteiger partial charge in [0.25, 0.3) is 11.8 Å². The minimum atomic E-state index is -1.06. The maximum absolute atomic E-state index is 14.0. The first-order valence-corrected chi connectivity index (χ1v) is 7.52. The summed E-state index contributed by atoms with van der Waals surface area (Å²) >= 11 is 0. The Labute approximate surface area is 149 Å². The molecule has 6 nitrogen and oxygen atoms in total. The van der Waals surface area contributed by atoms with Gasteiger partial charge in [-0.15, -0.1) is 0 Å². The largest absolute Gasteiger partial charge is 0.497 e. The summed E-state index contributed by atoms with van der Waals surface area (Å²) in [5.41, 5.74) is -0.358. The van der Waals surface area contributed by atoms with Crippen LogP contribution >= 0.6 is 0 Å². The maximum atomic E-state index is 14.0. The van der Waals surface area contributed by atoms with Crippen molar-refractivity contribution in [1.82, 2.24) is 4.90 Å². The van der Waals surface area contributed by atoms with Crippen molar-refractivity contribution in [2.45, 2.75) is 0 Å². The number of hydrogen-bond donors (Lipinski definition) is 1. The van der Waals surface area contributed by atoms with E-state index in [2.05, 4.69) is 5.32 Å². The minimum Gasteiger partial charge on any atom is -0.497 e. The molecule has 0 aliphatic heterocycles. The fraction of sp³-hybridized carbons (Fsp3) is 0.222. The average Bonchev–Trinajstić information content (AvgIpc) is 2.60. The van der Waals surface area contributed by atoms with Gasteiger partial charge in [-0.2, -0.15) is 0 Å². The predicted molar refractivity (Wildman–Crippen MR) is 91.9 cm³/mol. The Morgan fingerprint density at radius 1 is 1.00 bits per heavy atom. The molecule has 8 heteroatoms. The molecule has 0 atom stereocenters. The first-order valence-electron chi connectivity index (χ1n) is 7.52. The molecule has 0 unspecified atom stereocenters. The summed E-state index contributed by atoms with van der Waals surface area (Å²) in [5, 5.41) is 2.38. The topological polar surface area (TPSA) is 67.9 Å². The molecule has 1 N–H and O–H groups in total. The standard InChI is InChI=1S/C18H18F2N2O4/c1-22(2)18(24)12-7-10(5-6-15(12)26-4)21-17(23)16-13(19)8-11(25-3)9-14(16)20/h5-9H,1-4H3,(H,21,23). The quantitative estimate of drug-likeness (QED) is 0.886. The monoisotopic (exact) mass is 364 g/mol. The van der Waals surface area contributed by atoms with Crippen molar-refractivity contribution in [3.05, 3.63) is 53.1 Å². The Morgan fingerprint density at radius 2 is 1.62 bits per heavy atom. The van der Waals surface area contributed by atoms with E-state index in [1.807, 2.05) is 0 Å². The summed E-state index contributed by atoms with van der Waals surface area (Å²) in [6, 6.07) is 6.13. The number of carbonyl (C=O) groups is 2. The van der Waals surface area contributed by atoms with Crippen molar-refractivity contribution in [2.24, 2.45) is 0 Å². The van der Waals surface area contributed by atoms with E-state index in [0.29, 0.717) is 5.75 Å². The van der Waals surface area contributed by atoms with E-state index < -0.39 is 23.1 Å². The van der Waals surface area contributed by atoms with Crippen molar-refractivity contribution in [3.63, 3.8) is 0 Å². The number of nitrogens with zero attached hydrogens (tertiary/aromatic N) is 1. The highest BCUT2D eigenvalue weighted by atomic mass is 19.1. The molecule has 2 aromatic carbocycles. The Kier molecular flexibility index (Phi) is 5.76. The molecule has 0 aliphatic carbocycles. The second kappa shape index (κ2) is 7.81.